The molecular weight excluding hydrogens is 351 g/mol. The van der Waals surface area contributed by atoms with Gasteiger partial charge in [0.2, 0.25) is 0 Å². The second-order valence-electron chi connectivity index (χ2n) is 4.31. The van der Waals surface area contributed by atoms with E-state index in [4.69, 9.17) is 5.26 Å². The van der Waals surface area contributed by atoms with Gasteiger partial charge in [0.05, 0.1) is 10.2 Å². The van der Waals surface area contributed by atoms with Crippen molar-refractivity contribution in [3.63, 3.8) is 0 Å². The van der Waals surface area contributed by atoms with Crippen molar-refractivity contribution in [3.05, 3.63) is 63.9 Å². The highest BCUT2D eigenvalue weighted by Crippen LogP contribution is 2.25. The summed E-state index contributed by atoms with van der Waals surface area (Å²) in [7, 11) is 0. The van der Waals surface area contributed by atoms with Crippen LogP contribution in [0.2, 0.25) is 0 Å². The molecule has 0 bridgehead atoms. The highest BCUT2D eigenvalue weighted by molar-refractivity contribution is 9.10. The molecule has 0 saturated carbocycles. The quantitative estimate of drug-likeness (QED) is 0.645. The summed E-state index contributed by atoms with van der Waals surface area (Å²) in [6.45, 7) is 0. The molecule has 4 nitrogen and oxygen atoms in total. The van der Waals surface area contributed by atoms with Gasteiger partial charge in [-0.15, -0.1) is 0 Å². The number of hydrogen-bond donors (Lipinski definition) is 2. The third-order valence-corrected chi connectivity index (χ3v) is 3.41. The lowest BCUT2D eigenvalue weighted by molar-refractivity contribution is -0.112. The minimum Gasteiger partial charge on any atom is -0.507 e. The summed E-state index contributed by atoms with van der Waals surface area (Å²) in [5.74, 6) is -1.25. The first kappa shape index (κ1) is 15.7. The molecule has 0 aliphatic rings. The number of hydrogen-bond acceptors (Lipinski definition) is 3. The smallest absolute Gasteiger partial charge is 0.266 e. The lowest BCUT2D eigenvalue weighted by atomic mass is 10.1. The summed E-state index contributed by atoms with van der Waals surface area (Å²) in [5.41, 5.74) is 0.367. The normalized spacial score (nSPS) is 10.9. The maximum atomic E-state index is 13.5. The minimum absolute atomic E-state index is 0.000497. The zero-order chi connectivity index (χ0) is 16.1. The number of anilines is 1. The van der Waals surface area contributed by atoms with Gasteiger partial charge in [0.25, 0.3) is 5.91 Å². The Balaban J connectivity index is 2.26. The van der Waals surface area contributed by atoms with Crippen LogP contribution in [-0.4, -0.2) is 11.0 Å². The van der Waals surface area contributed by atoms with E-state index in [0.717, 1.165) is 0 Å². The predicted octanol–water partition coefficient (Wildman–Crippen LogP) is 3.84. The average Bonchev–Trinajstić information content (AvgIpc) is 2.50. The number of halogens is 2. The van der Waals surface area contributed by atoms with Gasteiger partial charge in [0.1, 0.15) is 23.2 Å². The number of carbonyl (C=O) groups excluding carboxylic acids is 1. The molecule has 0 spiro atoms. The van der Waals surface area contributed by atoms with E-state index in [9.17, 15) is 14.3 Å². The molecule has 0 atom stereocenters. The number of aromatic hydroxyl groups is 1. The molecule has 0 fully saturated rings. The van der Waals surface area contributed by atoms with Gasteiger partial charge in [0.15, 0.2) is 0 Å². The van der Waals surface area contributed by atoms with E-state index in [1.54, 1.807) is 24.3 Å². The molecule has 0 aromatic heterocycles. The van der Waals surface area contributed by atoms with Crippen LogP contribution in [0.1, 0.15) is 5.56 Å². The Morgan fingerprint density at radius 3 is 2.68 bits per heavy atom. The Morgan fingerprint density at radius 2 is 2.05 bits per heavy atom. The number of nitrogens with zero attached hydrogens (tertiary/aromatic N) is 1. The minimum atomic E-state index is -0.711. The number of benzene rings is 2. The van der Waals surface area contributed by atoms with Crippen LogP contribution in [-0.2, 0) is 4.79 Å². The van der Waals surface area contributed by atoms with Crippen molar-refractivity contribution in [2.45, 2.75) is 0 Å². The molecule has 110 valence electrons. The third-order valence-electron chi connectivity index (χ3n) is 2.77. The summed E-state index contributed by atoms with van der Waals surface area (Å²) >= 11 is 3.15. The number of carbonyl (C=O) groups is 1. The number of nitrogens with one attached hydrogen (secondary N) is 1. The SMILES string of the molecule is N#C/C(=C\c1ccc(O)c(Br)c1)C(=O)Nc1ccccc1F. The van der Waals surface area contributed by atoms with Crippen LogP contribution in [0, 0.1) is 17.1 Å². The lowest BCUT2D eigenvalue weighted by Gasteiger charge is -2.05. The first-order valence-electron chi connectivity index (χ1n) is 6.17. The Bertz CT molecular complexity index is 797. The highest BCUT2D eigenvalue weighted by Gasteiger charge is 2.12. The van der Waals surface area contributed by atoms with Crippen molar-refractivity contribution in [1.82, 2.24) is 0 Å². The molecule has 0 heterocycles. The van der Waals surface area contributed by atoms with Crippen molar-refractivity contribution < 1.29 is 14.3 Å². The van der Waals surface area contributed by atoms with Gasteiger partial charge < -0.3 is 10.4 Å². The van der Waals surface area contributed by atoms with Gasteiger partial charge >= 0.3 is 0 Å². The lowest BCUT2D eigenvalue weighted by Crippen LogP contribution is -2.14. The molecule has 0 radical (unpaired) electrons. The second-order valence-corrected chi connectivity index (χ2v) is 5.17. The van der Waals surface area contributed by atoms with E-state index < -0.39 is 11.7 Å². The molecule has 2 aromatic rings. The summed E-state index contributed by atoms with van der Waals surface area (Å²) in [5, 5.41) is 20.9. The zero-order valence-electron chi connectivity index (χ0n) is 11.2. The van der Waals surface area contributed by atoms with Gasteiger partial charge in [-0.1, -0.05) is 18.2 Å². The van der Waals surface area contributed by atoms with Crippen LogP contribution in [0.3, 0.4) is 0 Å². The predicted molar refractivity (Wildman–Crippen MR) is 84.4 cm³/mol. The van der Waals surface area contributed by atoms with Crippen molar-refractivity contribution in [3.8, 4) is 11.8 Å². The van der Waals surface area contributed by atoms with Crippen LogP contribution >= 0.6 is 15.9 Å². The van der Waals surface area contributed by atoms with E-state index >= 15 is 0 Å². The molecule has 2 N–H and O–H groups in total. The molecule has 0 unspecified atom stereocenters. The first-order valence-corrected chi connectivity index (χ1v) is 6.97. The zero-order valence-corrected chi connectivity index (χ0v) is 12.8. The Hall–Kier alpha value is -2.65. The second kappa shape index (κ2) is 6.87. The Morgan fingerprint density at radius 1 is 1.32 bits per heavy atom. The number of phenols is 1. The molecule has 1 amide bonds. The Labute approximate surface area is 134 Å². The van der Waals surface area contributed by atoms with Gasteiger partial charge in [-0.25, -0.2) is 4.39 Å². The van der Waals surface area contributed by atoms with Gasteiger partial charge in [-0.3, -0.25) is 4.79 Å². The molecule has 2 rings (SSSR count). The molecule has 0 saturated heterocycles. The maximum absolute atomic E-state index is 13.5. The summed E-state index contributed by atoms with van der Waals surface area (Å²) in [6, 6.07) is 12.0. The van der Waals surface area contributed by atoms with Crippen LogP contribution in [0.25, 0.3) is 6.08 Å². The summed E-state index contributed by atoms with van der Waals surface area (Å²) in [4.78, 5) is 12.0. The van der Waals surface area contributed by atoms with Crippen LogP contribution in [0.5, 0.6) is 5.75 Å². The first-order chi connectivity index (χ1) is 10.5. The third kappa shape index (κ3) is 3.71. The highest BCUT2D eigenvalue weighted by atomic mass is 79.9. The topological polar surface area (TPSA) is 73.1 Å². The summed E-state index contributed by atoms with van der Waals surface area (Å²) in [6.07, 6.45) is 1.35. The molecule has 2 aromatic carbocycles. The fraction of sp³-hybridized carbons (Fsp3) is 0. The van der Waals surface area contributed by atoms with Gasteiger partial charge in [-0.05, 0) is 51.8 Å². The van der Waals surface area contributed by atoms with E-state index in [1.165, 1.54) is 30.3 Å². The van der Waals surface area contributed by atoms with Crippen molar-refractivity contribution in [2.75, 3.05) is 5.32 Å². The molecule has 6 heteroatoms. The fourth-order valence-electron chi connectivity index (χ4n) is 1.68. The molecule has 0 aliphatic heterocycles. The number of nitriles is 1. The number of para-hydroxylation sites is 1. The maximum Gasteiger partial charge on any atom is 0.266 e. The van der Waals surface area contributed by atoms with Gasteiger partial charge in [0, 0.05) is 0 Å². The van der Waals surface area contributed by atoms with Crippen LogP contribution in [0.15, 0.2) is 52.5 Å². The van der Waals surface area contributed by atoms with E-state index in [-0.39, 0.29) is 17.0 Å². The van der Waals surface area contributed by atoms with E-state index in [2.05, 4.69) is 21.2 Å². The van der Waals surface area contributed by atoms with E-state index in [0.29, 0.717) is 10.0 Å². The standard InChI is InChI=1S/C16H10BrFN2O2/c17-12-8-10(5-6-15(12)21)7-11(9-19)16(22)20-14-4-2-1-3-13(14)18/h1-8,21H,(H,20,22)/b11-7+. The van der Waals surface area contributed by atoms with Gasteiger partial charge in [-0.2, -0.15) is 5.26 Å². The van der Waals surface area contributed by atoms with Crippen molar-refractivity contribution in [2.24, 2.45) is 0 Å². The molecular formula is C16H10BrFN2O2. The number of phenolic OH excluding ortho intramolecular Hbond substituents is 1. The number of rotatable bonds is 3. The fourth-order valence-corrected chi connectivity index (χ4v) is 2.08. The monoisotopic (exact) mass is 360 g/mol. The van der Waals surface area contributed by atoms with Crippen molar-refractivity contribution >= 4 is 33.6 Å². The Kier molecular flexibility index (Phi) is 4.92. The van der Waals surface area contributed by atoms with E-state index in [1.807, 2.05) is 0 Å². The van der Waals surface area contributed by atoms with Crippen LogP contribution in [0.4, 0.5) is 10.1 Å². The molecule has 0 aliphatic carbocycles. The average molecular weight is 361 g/mol. The largest absolute Gasteiger partial charge is 0.507 e. The van der Waals surface area contributed by atoms with Crippen molar-refractivity contribution in [1.29, 1.82) is 5.26 Å². The number of amides is 1. The molecule has 22 heavy (non-hydrogen) atoms. The van der Waals surface area contributed by atoms with Crippen LogP contribution < -0.4 is 5.32 Å². The summed E-state index contributed by atoms with van der Waals surface area (Å²) < 4.78 is 13.9.